The van der Waals surface area contributed by atoms with Crippen molar-refractivity contribution in [2.24, 2.45) is 0 Å². The van der Waals surface area contributed by atoms with Crippen LogP contribution in [0.4, 0.5) is 0 Å². The highest BCUT2D eigenvalue weighted by molar-refractivity contribution is 7.89. The number of aryl methyl sites for hydroxylation is 1. The van der Waals surface area contributed by atoms with E-state index >= 15 is 0 Å². The van der Waals surface area contributed by atoms with Gasteiger partial charge in [0, 0.05) is 40.8 Å². The minimum absolute atomic E-state index is 0.336. The molecule has 2 N–H and O–H groups in total. The van der Waals surface area contributed by atoms with Crippen LogP contribution in [-0.4, -0.2) is 27.0 Å². The van der Waals surface area contributed by atoms with Crippen LogP contribution in [0.15, 0.2) is 21.7 Å². The number of sulfonamides is 1. The van der Waals surface area contributed by atoms with E-state index in [2.05, 4.69) is 15.0 Å². The van der Waals surface area contributed by atoms with Crippen molar-refractivity contribution in [3.63, 3.8) is 0 Å². The van der Waals surface area contributed by atoms with Crippen LogP contribution in [-0.2, 0) is 23.0 Å². The van der Waals surface area contributed by atoms with E-state index in [1.54, 1.807) is 22.8 Å². The molecular formula is C12H17N3O2S3. The van der Waals surface area contributed by atoms with Crippen molar-refractivity contribution in [2.45, 2.75) is 24.8 Å². The molecule has 0 bridgehead atoms. The summed E-state index contributed by atoms with van der Waals surface area (Å²) in [5.41, 5.74) is 0.974. The van der Waals surface area contributed by atoms with Crippen molar-refractivity contribution in [3.8, 4) is 0 Å². The fraction of sp³-hybridized carbons (Fsp3) is 0.417. The third-order valence-electron chi connectivity index (χ3n) is 2.59. The van der Waals surface area contributed by atoms with Gasteiger partial charge < -0.3 is 5.32 Å². The van der Waals surface area contributed by atoms with E-state index in [4.69, 9.17) is 0 Å². The van der Waals surface area contributed by atoms with Crippen LogP contribution in [0.5, 0.6) is 0 Å². The Hall–Kier alpha value is -0.800. The van der Waals surface area contributed by atoms with E-state index in [9.17, 15) is 8.42 Å². The van der Waals surface area contributed by atoms with Crippen LogP contribution >= 0.6 is 22.7 Å². The molecule has 5 nitrogen and oxygen atoms in total. The molecular weight excluding hydrogens is 314 g/mol. The molecule has 0 fully saturated rings. The summed E-state index contributed by atoms with van der Waals surface area (Å²) >= 11 is 3.00. The monoisotopic (exact) mass is 331 g/mol. The first kappa shape index (κ1) is 15.6. The van der Waals surface area contributed by atoms with Gasteiger partial charge in [-0.25, -0.2) is 18.1 Å². The molecule has 0 spiro atoms. The Balaban J connectivity index is 1.92. The molecule has 0 amide bonds. The third kappa shape index (κ3) is 4.10. The summed E-state index contributed by atoms with van der Waals surface area (Å²) < 4.78 is 26.8. The number of hydrogen-bond acceptors (Lipinski definition) is 6. The van der Waals surface area contributed by atoms with Gasteiger partial charge in [0.25, 0.3) is 0 Å². The van der Waals surface area contributed by atoms with E-state index in [1.807, 2.05) is 19.4 Å². The van der Waals surface area contributed by atoms with Gasteiger partial charge in [0.05, 0.1) is 9.90 Å². The van der Waals surface area contributed by atoms with Crippen LogP contribution in [0.25, 0.3) is 0 Å². The summed E-state index contributed by atoms with van der Waals surface area (Å²) in [6.07, 6.45) is 0.616. The number of nitrogens with zero attached hydrogens (tertiary/aromatic N) is 1. The molecule has 0 unspecified atom stereocenters. The number of nitrogens with one attached hydrogen (secondary N) is 2. The van der Waals surface area contributed by atoms with Crippen molar-refractivity contribution in [1.29, 1.82) is 0 Å². The Morgan fingerprint density at radius 3 is 2.75 bits per heavy atom. The molecule has 0 atom stereocenters. The number of hydrogen-bond donors (Lipinski definition) is 2. The Bertz CT molecular complexity index is 661. The number of rotatable bonds is 7. The van der Waals surface area contributed by atoms with E-state index in [0.29, 0.717) is 24.4 Å². The van der Waals surface area contributed by atoms with E-state index in [-0.39, 0.29) is 0 Å². The summed E-state index contributed by atoms with van der Waals surface area (Å²) in [7, 11) is -1.58. The predicted molar refractivity (Wildman–Crippen MR) is 82.8 cm³/mol. The van der Waals surface area contributed by atoms with Crippen LogP contribution in [0.2, 0.25) is 0 Å². The van der Waals surface area contributed by atoms with Gasteiger partial charge in [0.15, 0.2) is 0 Å². The lowest BCUT2D eigenvalue weighted by Crippen LogP contribution is -2.25. The average molecular weight is 331 g/mol. The van der Waals surface area contributed by atoms with Gasteiger partial charge in [-0.15, -0.1) is 22.7 Å². The first-order chi connectivity index (χ1) is 9.51. The van der Waals surface area contributed by atoms with Crippen molar-refractivity contribution in [3.05, 3.63) is 32.4 Å². The molecule has 8 heteroatoms. The van der Waals surface area contributed by atoms with Gasteiger partial charge in [-0.3, -0.25) is 0 Å². The van der Waals surface area contributed by atoms with Gasteiger partial charge in [0.2, 0.25) is 10.0 Å². The molecule has 2 aromatic heterocycles. The molecule has 20 heavy (non-hydrogen) atoms. The maximum atomic E-state index is 12.1. The Morgan fingerprint density at radius 1 is 1.30 bits per heavy atom. The highest BCUT2D eigenvalue weighted by Crippen LogP contribution is 2.19. The zero-order valence-corrected chi connectivity index (χ0v) is 13.8. The standard InChI is InChI=1S/C12H17N3O2S3/c1-9-7-19-12(15-9)3-4-14-20(16,17)11-5-10(6-13-2)18-8-11/h5,7-8,13-14H,3-4,6H2,1-2H3. The fourth-order valence-corrected chi connectivity index (χ4v) is 4.76. The van der Waals surface area contributed by atoms with Crippen LogP contribution in [0.1, 0.15) is 15.6 Å². The lowest BCUT2D eigenvalue weighted by Gasteiger charge is -2.03. The minimum atomic E-state index is -3.41. The number of thiophene rings is 1. The van der Waals surface area contributed by atoms with Crippen molar-refractivity contribution >= 4 is 32.7 Å². The lowest BCUT2D eigenvalue weighted by molar-refractivity contribution is 0.582. The van der Waals surface area contributed by atoms with Crippen LogP contribution in [0.3, 0.4) is 0 Å². The highest BCUT2D eigenvalue weighted by atomic mass is 32.2. The molecule has 0 radical (unpaired) electrons. The summed E-state index contributed by atoms with van der Waals surface area (Å²) in [4.78, 5) is 5.65. The van der Waals surface area contributed by atoms with Crippen LogP contribution < -0.4 is 10.0 Å². The van der Waals surface area contributed by atoms with Gasteiger partial charge in [0.1, 0.15) is 0 Å². The molecule has 0 saturated heterocycles. The van der Waals surface area contributed by atoms with E-state index in [1.165, 1.54) is 11.3 Å². The second-order valence-electron chi connectivity index (χ2n) is 4.31. The second kappa shape index (κ2) is 6.77. The maximum absolute atomic E-state index is 12.1. The van der Waals surface area contributed by atoms with Gasteiger partial charge in [-0.1, -0.05) is 0 Å². The molecule has 110 valence electrons. The van der Waals surface area contributed by atoms with Gasteiger partial charge in [-0.2, -0.15) is 0 Å². The first-order valence-corrected chi connectivity index (χ1v) is 9.38. The molecule has 2 heterocycles. The summed E-state index contributed by atoms with van der Waals surface area (Å²) in [6.45, 7) is 2.98. The predicted octanol–water partition coefficient (Wildman–Crippen LogP) is 1.75. The largest absolute Gasteiger partial charge is 0.315 e. The van der Waals surface area contributed by atoms with Crippen molar-refractivity contribution in [1.82, 2.24) is 15.0 Å². The molecule has 0 aromatic carbocycles. The Kier molecular flexibility index (Phi) is 5.28. The minimum Gasteiger partial charge on any atom is -0.315 e. The zero-order chi connectivity index (χ0) is 14.6. The number of thiazole rings is 1. The molecule has 0 saturated carbocycles. The summed E-state index contributed by atoms with van der Waals surface area (Å²) in [5, 5.41) is 7.59. The van der Waals surface area contributed by atoms with E-state index in [0.717, 1.165) is 15.6 Å². The quantitative estimate of drug-likeness (QED) is 0.811. The Labute approximate surface area is 127 Å². The molecule has 0 aliphatic carbocycles. The van der Waals surface area contributed by atoms with Gasteiger partial charge >= 0.3 is 0 Å². The fourth-order valence-electron chi connectivity index (χ4n) is 1.66. The summed E-state index contributed by atoms with van der Waals surface area (Å²) in [5.74, 6) is 0. The SMILES string of the molecule is CNCc1cc(S(=O)(=O)NCCc2nc(C)cs2)cs1. The lowest BCUT2D eigenvalue weighted by atomic mass is 10.4. The zero-order valence-electron chi connectivity index (χ0n) is 11.3. The Morgan fingerprint density at radius 2 is 2.10 bits per heavy atom. The van der Waals surface area contributed by atoms with Crippen molar-refractivity contribution in [2.75, 3.05) is 13.6 Å². The summed E-state index contributed by atoms with van der Waals surface area (Å²) in [6, 6.07) is 1.71. The first-order valence-electron chi connectivity index (χ1n) is 6.14. The normalized spacial score (nSPS) is 11.9. The van der Waals surface area contributed by atoms with Crippen molar-refractivity contribution < 1.29 is 8.42 Å². The molecule has 0 aliphatic rings. The molecule has 0 aliphatic heterocycles. The number of aromatic nitrogens is 1. The smallest absolute Gasteiger partial charge is 0.241 e. The molecule has 2 aromatic rings. The van der Waals surface area contributed by atoms with E-state index < -0.39 is 10.0 Å². The highest BCUT2D eigenvalue weighted by Gasteiger charge is 2.15. The van der Waals surface area contributed by atoms with Crippen LogP contribution in [0, 0.1) is 6.92 Å². The average Bonchev–Trinajstić information content (AvgIpc) is 2.99. The maximum Gasteiger partial charge on any atom is 0.241 e. The molecule has 2 rings (SSSR count). The third-order valence-corrected chi connectivity index (χ3v) is 6.14. The second-order valence-corrected chi connectivity index (χ2v) is 8.01. The van der Waals surface area contributed by atoms with Gasteiger partial charge in [-0.05, 0) is 20.0 Å². The topological polar surface area (TPSA) is 71.1 Å².